The lowest BCUT2D eigenvalue weighted by atomic mass is 10.0. The fourth-order valence-electron chi connectivity index (χ4n) is 1.47. The predicted molar refractivity (Wildman–Crippen MR) is 54.1 cm³/mol. The average molecular weight is 194 g/mol. The Kier molecular flexibility index (Phi) is 3.09. The van der Waals surface area contributed by atoms with Gasteiger partial charge in [0.1, 0.15) is 5.75 Å². The Morgan fingerprint density at radius 1 is 1.43 bits per heavy atom. The zero-order chi connectivity index (χ0) is 10.7. The molecule has 0 bridgehead atoms. The van der Waals surface area contributed by atoms with Crippen molar-refractivity contribution in [2.75, 3.05) is 7.11 Å². The summed E-state index contributed by atoms with van der Waals surface area (Å²) >= 11 is 0. The number of hydrazine groups is 1. The van der Waals surface area contributed by atoms with Crippen LogP contribution in [0, 0.1) is 13.8 Å². The molecule has 4 heteroatoms. The van der Waals surface area contributed by atoms with Gasteiger partial charge in [0.05, 0.1) is 12.7 Å². The van der Waals surface area contributed by atoms with Crippen molar-refractivity contribution in [3.05, 3.63) is 28.8 Å². The normalized spacial score (nSPS) is 9.71. The number of nitrogen functional groups attached to an aromatic ring is 1. The van der Waals surface area contributed by atoms with Crippen LogP contribution in [0.15, 0.2) is 12.1 Å². The van der Waals surface area contributed by atoms with Gasteiger partial charge in [-0.05, 0) is 25.5 Å². The van der Waals surface area contributed by atoms with E-state index in [1.807, 2.05) is 26.0 Å². The molecule has 1 amide bonds. The van der Waals surface area contributed by atoms with Crippen molar-refractivity contribution in [1.29, 1.82) is 0 Å². The van der Waals surface area contributed by atoms with E-state index in [9.17, 15) is 4.79 Å². The van der Waals surface area contributed by atoms with Crippen LogP contribution in [-0.2, 0) is 0 Å². The van der Waals surface area contributed by atoms with Gasteiger partial charge in [0.2, 0.25) is 0 Å². The molecular formula is C10H14N2O2. The molecule has 0 saturated heterocycles. The molecule has 14 heavy (non-hydrogen) atoms. The number of rotatable bonds is 2. The highest BCUT2D eigenvalue weighted by molar-refractivity contribution is 5.97. The van der Waals surface area contributed by atoms with Crippen molar-refractivity contribution in [2.45, 2.75) is 13.8 Å². The lowest BCUT2D eigenvalue weighted by molar-refractivity contribution is 0.0952. The number of amides is 1. The van der Waals surface area contributed by atoms with E-state index in [4.69, 9.17) is 10.6 Å². The fourth-order valence-corrected chi connectivity index (χ4v) is 1.47. The van der Waals surface area contributed by atoms with Crippen LogP contribution in [0.5, 0.6) is 5.75 Å². The number of nitrogens with one attached hydrogen (secondary N) is 1. The van der Waals surface area contributed by atoms with Crippen molar-refractivity contribution in [1.82, 2.24) is 5.43 Å². The Hall–Kier alpha value is -1.55. The van der Waals surface area contributed by atoms with E-state index >= 15 is 0 Å². The van der Waals surface area contributed by atoms with Crippen LogP contribution in [0.25, 0.3) is 0 Å². The van der Waals surface area contributed by atoms with Crippen LogP contribution < -0.4 is 16.0 Å². The van der Waals surface area contributed by atoms with Crippen molar-refractivity contribution in [2.24, 2.45) is 5.84 Å². The second-order valence-electron chi connectivity index (χ2n) is 3.06. The fraction of sp³-hybridized carbons (Fsp3) is 0.300. The highest BCUT2D eigenvalue weighted by Crippen LogP contribution is 2.23. The Morgan fingerprint density at radius 2 is 2.07 bits per heavy atom. The zero-order valence-electron chi connectivity index (χ0n) is 8.55. The maximum atomic E-state index is 11.4. The minimum Gasteiger partial charge on any atom is -0.496 e. The highest BCUT2D eigenvalue weighted by Gasteiger charge is 2.13. The molecule has 0 aromatic heterocycles. The molecule has 1 aromatic rings. The molecule has 0 aliphatic carbocycles. The van der Waals surface area contributed by atoms with Crippen LogP contribution in [0.1, 0.15) is 21.5 Å². The first-order chi connectivity index (χ1) is 6.61. The molecule has 0 aliphatic rings. The molecule has 3 N–H and O–H groups in total. The molecule has 0 saturated carbocycles. The van der Waals surface area contributed by atoms with E-state index in [1.54, 1.807) is 7.11 Å². The van der Waals surface area contributed by atoms with Gasteiger partial charge in [0.25, 0.3) is 5.91 Å². The van der Waals surface area contributed by atoms with Gasteiger partial charge in [-0.25, -0.2) is 5.84 Å². The quantitative estimate of drug-likeness (QED) is 0.418. The third-order valence-corrected chi connectivity index (χ3v) is 2.20. The minimum atomic E-state index is -0.293. The molecule has 1 rings (SSSR count). The van der Waals surface area contributed by atoms with Gasteiger partial charge in [-0.3, -0.25) is 10.2 Å². The summed E-state index contributed by atoms with van der Waals surface area (Å²) in [5.74, 6) is 5.49. The number of methoxy groups -OCH3 is 1. The van der Waals surface area contributed by atoms with E-state index in [1.165, 1.54) is 0 Å². The number of hydrogen-bond acceptors (Lipinski definition) is 3. The van der Waals surface area contributed by atoms with Gasteiger partial charge in [-0.1, -0.05) is 6.07 Å². The van der Waals surface area contributed by atoms with Gasteiger partial charge < -0.3 is 4.74 Å². The Bertz CT molecular complexity index is 361. The number of ether oxygens (including phenoxy) is 1. The Morgan fingerprint density at radius 3 is 2.57 bits per heavy atom. The summed E-state index contributed by atoms with van der Waals surface area (Å²) in [5.41, 5.74) is 4.38. The summed E-state index contributed by atoms with van der Waals surface area (Å²) in [5, 5.41) is 0. The molecule has 0 heterocycles. The van der Waals surface area contributed by atoms with Gasteiger partial charge >= 0.3 is 0 Å². The van der Waals surface area contributed by atoms with E-state index in [0.29, 0.717) is 11.3 Å². The van der Waals surface area contributed by atoms with Crippen molar-refractivity contribution in [3.8, 4) is 5.75 Å². The first kappa shape index (κ1) is 10.5. The maximum Gasteiger partial charge on any atom is 0.265 e. The summed E-state index contributed by atoms with van der Waals surface area (Å²) in [6.07, 6.45) is 0. The standard InChI is InChI=1S/C10H14N2O2/c1-6-4-5-8(14-3)7(2)9(6)10(13)12-11/h4-5H,11H2,1-3H3,(H,12,13). The van der Waals surface area contributed by atoms with E-state index in [-0.39, 0.29) is 5.91 Å². The highest BCUT2D eigenvalue weighted by atomic mass is 16.5. The lowest BCUT2D eigenvalue weighted by Crippen LogP contribution is -2.31. The number of nitrogens with two attached hydrogens (primary N) is 1. The summed E-state index contributed by atoms with van der Waals surface area (Å²) in [6.45, 7) is 3.69. The van der Waals surface area contributed by atoms with E-state index < -0.39 is 0 Å². The summed E-state index contributed by atoms with van der Waals surface area (Å²) in [6, 6.07) is 3.66. The minimum absolute atomic E-state index is 0.293. The Labute approximate surface area is 83.0 Å². The van der Waals surface area contributed by atoms with Gasteiger partial charge in [-0.2, -0.15) is 0 Å². The second kappa shape index (κ2) is 4.11. The van der Waals surface area contributed by atoms with Crippen molar-refractivity contribution >= 4 is 5.91 Å². The number of aryl methyl sites for hydroxylation is 1. The molecule has 1 aromatic carbocycles. The summed E-state index contributed by atoms with van der Waals surface area (Å²) in [4.78, 5) is 11.4. The van der Waals surface area contributed by atoms with Crippen LogP contribution in [0.3, 0.4) is 0 Å². The van der Waals surface area contributed by atoms with Crippen LogP contribution in [0.4, 0.5) is 0 Å². The number of carbonyl (C=O) groups excluding carboxylic acids is 1. The molecule has 0 atom stereocenters. The number of benzene rings is 1. The third kappa shape index (κ3) is 1.70. The predicted octanol–water partition coefficient (Wildman–Crippen LogP) is 0.916. The topological polar surface area (TPSA) is 64.3 Å². The molecular weight excluding hydrogens is 180 g/mol. The first-order valence-corrected chi connectivity index (χ1v) is 4.27. The maximum absolute atomic E-state index is 11.4. The van der Waals surface area contributed by atoms with Gasteiger partial charge in [-0.15, -0.1) is 0 Å². The van der Waals surface area contributed by atoms with Gasteiger partial charge in [0.15, 0.2) is 0 Å². The lowest BCUT2D eigenvalue weighted by Gasteiger charge is -2.11. The van der Waals surface area contributed by atoms with E-state index in [0.717, 1.165) is 11.1 Å². The van der Waals surface area contributed by atoms with Crippen LogP contribution in [-0.4, -0.2) is 13.0 Å². The largest absolute Gasteiger partial charge is 0.496 e. The zero-order valence-corrected chi connectivity index (χ0v) is 8.55. The molecule has 0 aliphatic heterocycles. The Balaban J connectivity index is 3.32. The SMILES string of the molecule is COc1ccc(C)c(C(=O)NN)c1C. The molecule has 76 valence electrons. The smallest absolute Gasteiger partial charge is 0.265 e. The van der Waals surface area contributed by atoms with Crippen LogP contribution >= 0.6 is 0 Å². The molecule has 0 radical (unpaired) electrons. The molecule has 0 fully saturated rings. The molecule has 4 nitrogen and oxygen atoms in total. The van der Waals surface area contributed by atoms with Gasteiger partial charge in [0, 0.05) is 5.56 Å². The monoisotopic (exact) mass is 194 g/mol. The third-order valence-electron chi connectivity index (χ3n) is 2.20. The second-order valence-corrected chi connectivity index (χ2v) is 3.06. The summed E-state index contributed by atoms with van der Waals surface area (Å²) < 4.78 is 5.11. The van der Waals surface area contributed by atoms with Crippen LogP contribution in [0.2, 0.25) is 0 Å². The van der Waals surface area contributed by atoms with Crippen molar-refractivity contribution < 1.29 is 9.53 Å². The average Bonchev–Trinajstić information content (AvgIpc) is 2.18. The van der Waals surface area contributed by atoms with Crippen molar-refractivity contribution in [3.63, 3.8) is 0 Å². The molecule has 0 unspecified atom stereocenters. The number of hydrogen-bond donors (Lipinski definition) is 2. The summed E-state index contributed by atoms with van der Waals surface area (Å²) in [7, 11) is 1.57. The number of carbonyl (C=O) groups is 1. The first-order valence-electron chi connectivity index (χ1n) is 4.27. The molecule has 0 spiro atoms. The van der Waals surface area contributed by atoms with E-state index in [2.05, 4.69) is 5.43 Å².